The molecule has 1 atom stereocenters. The number of rotatable bonds is 4. The molecule has 0 saturated heterocycles. The Labute approximate surface area is 88.5 Å². The molecule has 0 saturated carbocycles. The van der Waals surface area contributed by atoms with E-state index in [0.29, 0.717) is 5.56 Å². The Morgan fingerprint density at radius 1 is 1.33 bits per heavy atom. The summed E-state index contributed by atoms with van der Waals surface area (Å²) in [5, 5.41) is 9.58. The second-order valence-electron chi connectivity index (χ2n) is 3.27. The van der Waals surface area contributed by atoms with Crippen molar-refractivity contribution >= 4 is 9.84 Å². The van der Waals surface area contributed by atoms with Crippen LogP contribution in [0.1, 0.15) is 18.6 Å². The van der Waals surface area contributed by atoms with Crippen LogP contribution in [0.3, 0.4) is 0 Å². The van der Waals surface area contributed by atoms with E-state index < -0.39 is 21.8 Å². The van der Waals surface area contributed by atoms with E-state index in [-0.39, 0.29) is 11.5 Å². The van der Waals surface area contributed by atoms with Gasteiger partial charge in [0.15, 0.2) is 9.84 Å². The molecule has 1 aromatic rings. The fourth-order valence-electron chi connectivity index (χ4n) is 1.14. The van der Waals surface area contributed by atoms with E-state index >= 15 is 0 Å². The molecule has 15 heavy (non-hydrogen) atoms. The first-order valence-corrected chi connectivity index (χ1v) is 6.40. The van der Waals surface area contributed by atoms with Gasteiger partial charge in [-0.05, 0) is 17.7 Å². The van der Waals surface area contributed by atoms with Crippen LogP contribution in [0.4, 0.5) is 4.39 Å². The third kappa shape index (κ3) is 3.60. The van der Waals surface area contributed by atoms with Crippen molar-refractivity contribution in [3.63, 3.8) is 0 Å². The van der Waals surface area contributed by atoms with E-state index in [1.54, 1.807) is 0 Å². The van der Waals surface area contributed by atoms with Gasteiger partial charge in [0.25, 0.3) is 0 Å². The second-order valence-corrected chi connectivity index (χ2v) is 5.66. The maximum absolute atomic E-state index is 12.6. The second kappa shape index (κ2) is 4.72. The van der Waals surface area contributed by atoms with Crippen LogP contribution in [0.25, 0.3) is 0 Å². The van der Waals surface area contributed by atoms with E-state index in [1.807, 2.05) is 0 Å². The van der Waals surface area contributed by atoms with Crippen LogP contribution < -0.4 is 0 Å². The summed E-state index contributed by atoms with van der Waals surface area (Å²) in [7, 11) is -3.22. The van der Waals surface area contributed by atoms with Crippen LogP contribution >= 0.6 is 0 Å². The minimum atomic E-state index is -3.22. The minimum Gasteiger partial charge on any atom is -0.387 e. The monoisotopic (exact) mass is 232 g/mol. The summed E-state index contributed by atoms with van der Waals surface area (Å²) in [6, 6.07) is 5.14. The van der Waals surface area contributed by atoms with Crippen molar-refractivity contribution in [1.82, 2.24) is 0 Å². The molecule has 0 radical (unpaired) electrons. The first-order valence-electron chi connectivity index (χ1n) is 4.58. The van der Waals surface area contributed by atoms with E-state index in [9.17, 15) is 17.9 Å². The highest BCUT2D eigenvalue weighted by atomic mass is 32.2. The molecule has 0 aliphatic heterocycles. The van der Waals surface area contributed by atoms with Crippen molar-refractivity contribution in [1.29, 1.82) is 0 Å². The number of hydrogen-bond acceptors (Lipinski definition) is 3. The largest absolute Gasteiger partial charge is 0.387 e. The lowest BCUT2D eigenvalue weighted by molar-refractivity contribution is 0.201. The van der Waals surface area contributed by atoms with Crippen LogP contribution in [-0.2, 0) is 9.84 Å². The van der Waals surface area contributed by atoms with Gasteiger partial charge in [-0.15, -0.1) is 0 Å². The van der Waals surface area contributed by atoms with Gasteiger partial charge in [-0.2, -0.15) is 0 Å². The fraction of sp³-hybridized carbons (Fsp3) is 0.400. The van der Waals surface area contributed by atoms with Gasteiger partial charge in [-0.25, -0.2) is 12.8 Å². The van der Waals surface area contributed by atoms with Crippen molar-refractivity contribution in [3.05, 3.63) is 35.6 Å². The van der Waals surface area contributed by atoms with Gasteiger partial charge in [-0.3, -0.25) is 0 Å². The van der Waals surface area contributed by atoms with Crippen molar-refractivity contribution in [3.8, 4) is 0 Å². The Morgan fingerprint density at radius 3 is 2.33 bits per heavy atom. The quantitative estimate of drug-likeness (QED) is 0.851. The Balaban J connectivity index is 2.78. The Kier molecular flexibility index (Phi) is 3.82. The molecule has 5 heteroatoms. The van der Waals surface area contributed by atoms with Crippen LogP contribution in [0.2, 0.25) is 0 Å². The molecule has 0 bridgehead atoms. The summed E-state index contributed by atoms with van der Waals surface area (Å²) in [4.78, 5) is 0. The smallest absolute Gasteiger partial charge is 0.152 e. The molecule has 1 N–H and O–H groups in total. The standard InChI is InChI=1S/C10H13FO3S/c1-2-15(13,14)7-10(12)8-3-5-9(11)6-4-8/h3-6,10,12H,2,7H2,1H3/t10-/m0/s1. The average Bonchev–Trinajstić information content (AvgIpc) is 2.18. The van der Waals surface area contributed by atoms with Crippen molar-refractivity contribution in [2.45, 2.75) is 13.0 Å². The molecular formula is C10H13FO3S. The zero-order valence-electron chi connectivity index (χ0n) is 8.35. The molecule has 84 valence electrons. The third-order valence-electron chi connectivity index (χ3n) is 2.11. The SMILES string of the molecule is CCS(=O)(=O)C[C@H](O)c1ccc(F)cc1. The summed E-state index contributed by atoms with van der Waals surface area (Å²) in [5.41, 5.74) is 0.411. The molecule has 0 aliphatic rings. The molecule has 0 aromatic heterocycles. The van der Waals surface area contributed by atoms with Crippen molar-refractivity contribution < 1.29 is 17.9 Å². The average molecular weight is 232 g/mol. The van der Waals surface area contributed by atoms with E-state index in [0.717, 1.165) is 0 Å². The molecule has 0 unspecified atom stereocenters. The maximum atomic E-state index is 12.6. The minimum absolute atomic E-state index is 0.00868. The highest BCUT2D eigenvalue weighted by Crippen LogP contribution is 2.15. The fourth-order valence-corrected chi connectivity index (χ4v) is 2.05. The van der Waals surface area contributed by atoms with E-state index in [1.165, 1.54) is 31.2 Å². The van der Waals surface area contributed by atoms with Gasteiger partial charge in [0.05, 0.1) is 11.9 Å². The Morgan fingerprint density at radius 2 is 1.87 bits per heavy atom. The first-order chi connectivity index (χ1) is 6.94. The summed E-state index contributed by atoms with van der Waals surface area (Å²) in [5.74, 6) is -0.746. The van der Waals surface area contributed by atoms with Crippen molar-refractivity contribution in [2.24, 2.45) is 0 Å². The van der Waals surface area contributed by atoms with Gasteiger partial charge in [0.2, 0.25) is 0 Å². The molecule has 1 rings (SSSR count). The lowest BCUT2D eigenvalue weighted by atomic mass is 10.1. The summed E-state index contributed by atoms with van der Waals surface area (Å²) in [6.45, 7) is 1.52. The maximum Gasteiger partial charge on any atom is 0.152 e. The summed E-state index contributed by atoms with van der Waals surface area (Å²) in [6.07, 6.45) is -1.09. The number of halogens is 1. The Hall–Kier alpha value is -0.940. The number of benzene rings is 1. The number of hydrogen-bond donors (Lipinski definition) is 1. The molecule has 0 amide bonds. The van der Waals surface area contributed by atoms with Gasteiger partial charge >= 0.3 is 0 Å². The van der Waals surface area contributed by atoms with Gasteiger partial charge in [0.1, 0.15) is 5.82 Å². The third-order valence-corrected chi connectivity index (χ3v) is 3.81. The van der Waals surface area contributed by atoms with Gasteiger partial charge < -0.3 is 5.11 Å². The highest BCUT2D eigenvalue weighted by Gasteiger charge is 2.16. The number of sulfone groups is 1. The molecule has 0 spiro atoms. The molecule has 3 nitrogen and oxygen atoms in total. The van der Waals surface area contributed by atoms with Gasteiger partial charge in [-0.1, -0.05) is 19.1 Å². The zero-order valence-corrected chi connectivity index (χ0v) is 9.17. The summed E-state index contributed by atoms with van der Waals surface area (Å²) >= 11 is 0. The summed E-state index contributed by atoms with van der Waals surface area (Å²) < 4.78 is 35.0. The normalized spacial score (nSPS) is 13.8. The predicted octanol–water partition coefficient (Wildman–Crippen LogP) is 1.29. The molecule has 0 heterocycles. The lowest BCUT2D eigenvalue weighted by Gasteiger charge is -2.10. The van der Waals surface area contributed by atoms with E-state index in [4.69, 9.17) is 0 Å². The van der Waals surface area contributed by atoms with Crippen LogP contribution in [0.5, 0.6) is 0 Å². The first kappa shape index (κ1) is 12.1. The van der Waals surface area contributed by atoms with Gasteiger partial charge in [0, 0.05) is 5.75 Å². The number of aliphatic hydroxyl groups is 1. The Bertz CT molecular complexity index is 411. The van der Waals surface area contributed by atoms with Crippen molar-refractivity contribution in [2.75, 3.05) is 11.5 Å². The van der Waals surface area contributed by atoms with Crippen LogP contribution in [0.15, 0.2) is 24.3 Å². The molecule has 0 aliphatic carbocycles. The van der Waals surface area contributed by atoms with E-state index in [2.05, 4.69) is 0 Å². The van der Waals surface area contributed by atoms with Crippen LogP contribution in [-0.4, -0.2) is 25.0 Å². The highest BCUT2D eigenvalue weighted by molar-refractivity contribution is 7.91. The molecular weight excluding hydrogens is 219 g/mol. The molecule has 0 fully saturated rings. The predicted molar refractivity (Wildman–Crippen MR) is 55.7 cm³/mol. The topological polar surface area (TPSA) is 54.4 Å². The molecule has 1 aromatic carbocycles. The van der Waals surface area contributed by atoms with Crippen LogP contribution in [0, 0.1) is 5.82 Å². The zero-order chi connectivity index (χ0) is 11.5. The number of aliphatic hydroxyl groups excluding tert-OH is 1. The lowest BCUT2D eigenvalue weighted by Crippen LogP contribution is -2.16.